The number of esters is 1. The summed E-state index contributed by atoms with van der Waals surface area (Å²) in [5.41, 5.74) is 6.57. The molecule has 4 saturated carbocycles. The molecule has 130 valence electrons. The number of amides is 1. The van der Waals surface area contributed by atoms with Crippen molar-refractivity contribution in [2.75, 3.05) is 14.2 Å². The molecular weight excluding hydrogens is 292 g/mol. The molecule has 3 atom stereocenters. The normalized spacial score (nSPS) is 36.4. The lowest BCUT2D eigenvalue weighted by Crippen LogP contribution is -2.55. The molecule has 4 fully saturated rings. The Morgan fingerprint density at radius 1 is 1.26 bits per heavy atom. The molecule has 4 aliphatic carbocycles. The Morgan fingerprint density at radius 2 is 1.91 bits per heavy atom. The second-order valence-corrected chi connectivity index (χ2v) is 8.12. The lowest BCUT2D eigenvalue weighted by molar-refractivity contribution is -0.157. The number of nitrogens with two attached hydrogens (primary N) is 1. The number of ether oxygens (including phenoxy) is 1. The molecule has 0 aromatic rings. The topological polar surface area (TPSA) is 72.6 Å². The van der Waals surface area contributed by atoms with Gasteiger partial charge in [-0.15, -0.1) is 0 Å². The van der Waals surface area contributed by atoms with E-state index in [-0.39, 0.29) is 36.3 Å². The van der Waals surface area contributed by atoms with Gasteiger partial charge < -0.3 is 15.4 Å². The van der Waals surface area contributed by atoms with E-state index < -0.39 is 0 Å². The molecular formula is C18H30N2O3. The number of hydrogen-bond acceptors (Lipinski definition) is 4. The summed E-state index contributed by atoms with van der Waals surface area (Å²) in [6.07, 6.45) is 8.99. The number of likely N-dealkylation sites (N-methyl/N-ethyl adjacent to an activating group) is 1. The molecule has 0 unspecified atom stereocenters. The van der Waals surface area contributed by atoms with Crippen molar-refractivity contribution >= 4 is 11.9 Å². The van der Waals surface area contributed by atoms with Crippen LogP contribution in [0.25, 0.3) is 0 Å². The molecule has 0 aliphatic heterocycles. The first-order chi connectivity index (χ1) is 10.9. The van der Waals surface area contributed by atoms with Crippen LogP contribution in [0, 0.1) is 17.3 Å². The number of hydrogen-bond donors (Lipinski definition) is 1. The summed E-state index contributed by atoms with van der Waals surface area (Å²) in [7, 11) is 3.26. The van der Waals surface area contributed by atoms with Crippen LogP contribution in [-0.4, -0.2) is 43.0 Å². The van der Waals surface area contributed by atoms with Gasteiger partial charge in [0.15, 0.2) is 0 Å². The van der Waals surface area contributed by atoms with Crippen LogP contribution in [0.4, 0.5) is 0 Å². The molecule has 4 rings (SSSR count). The highest BCUT2D eigenvalue weighted by Crippen LogP contribution is 2.67. The predicted molar refractivity (Wildman–Crippen MR) is 87.5 cm³/mol. The maximum absolute atomic E-state index is 13.0. The van der Waals surface area contributed by atoms with Crippen molar-refractivity contribution in [3.8, 4) is 0 Å². The summed E-state index contributed by atoms with van der Waals surface area (Å²) >= 11 is 0. The van der Waals surface area contributed by atoms with Crippen LogP contribution in [0.3, 0.4) is 0 Å². The van der Waals surface area contributed by atoms with Crippen molar-refractivity contribution in [3.05, 3.63) is 0 Å². The fourth-order valence-electron chi connectivity index (χ4n) is 5.03. The van der Waals surface area contributed by atoms with E-state index in [0.29, 0.717) is 5.41 Å². The summed E-state index contributed by atoms with van der Waals surface area (Å²) < 4.78 is 4.82. The quantitative estimate of drug-likeness (QED) is 0.760. The second-order valence-electron chi connectivity index (χ2n) is 8.12. The summed E-state index contributed by atoms with van der Waals surface area (Å²) in [6, 6.07) is 0.177. The van der Waals surface area contributed by atoms with Crippen molar-refractivity contribution in [1.82, 2.24) is 4.90 Å². The first-order valence-corrected chi connectivity index (χ1v) is 9.03. The first-order valence-electron chi connectivity index (χ1n) is 9.03. The van der Waals surface area contributed by atoms with E-state index in [1.807, 2.05) is 11.9 Å². The molecule has 2 bridgehead atoms. The Labute approximate surface area is 138 Å². The highest BCUT2D eigenvalue weighted by molar-refractivity contribution is 5.84. The number of rotatable bonds is 6. The Hall–Kier alpha value is -1.10. The van der Waals surface area contributed by atoms with E-state index in [1.165, 1.54) is 26.4 Å². The van der Waals surface area contributed by atoms with Crippen molar-refractivity contribution < 1.29 is 14.3 Å². The van der Waals surface area contributed by atoms with E-state index in [9.17, 15) is 9.59 Å². The van der Waals surface area contributed by atoms with Gasteiger partial charge in [-0.05, 0) is 49.9 Å². The number of carbonyl (C=O) groups is 2. The van der Waals surface area contributed by atoms with E-state index >= 15 is 0 Å². The smallest absolute Gasteiger partial charge is 0.306 e. The van der Waals surface area contributed by atoms with Crippen molar-refractivity contribution in [1.29, 1.82) is 0 Å². The van der Waals surface area contributed by atoms with Crippen LogP contribution in [0.15, 0.2) is 0 Å². The van der Waals surface area contributed by atoms with Crippen molar-refractivity contribution in [2.45, 2.75) is 69.9 Å². The molecule has 0 saturated heterocycles. The SMILES string of the molecule is COC(=O)C[C@@H](CC12CC(C1)C2)C(=O)N(C)[C@H]1CCCC[C@@H]1N. The van der Waals surface area contributed by atoms with Crippen LogP contribution >= 0.6 is 0 Å². The minimum Gasteiger partial charge on any atom is -0.469 e. The number of nitrogens with zero attached hydrogens (tertiary/aromatic N) is 1. The zero-order valence-electron chi connectivity index (χ0n) is 14.4. The Morgan fingerprint density at radius 3 is 2.43 bits per heavy atom. The minimum absolute atomic E-state index is 0.0615. The van der Waals surface area contributed by atoms with Crippen molar-refractivity contribution in [2.24, 2.45) is 23.0 Å². The zero-order valence-corrected chi connectivity index (χ0v) is 14.4. The van der Waals surface area contributed by atoms with Gasteiger partial charge in [0, 0.05) is 25.0 Å². The van der Waals surface area contributed by atoms with Gasteiger partial charge in [-0.3, -0.25) is 9.59 Å². The van der Waals surface area contributed by atoms with Gasteiger partial charge in [0.25, 0.3) is 0 Å². The van der Waals surface area contributed by atoms with Gasteiger partial charge in [0.2, 0.25) is 5.91 Å². The minimum atomic E-state index is -0.281. The Kier molecular flexibility index (Phi) is 4.68. The van der Waals surface area contributed by atoms with Crippen LogP contribution in [0.5, 0.6) is 0 Å². The molecule has 0 heterocycles. The summed E-state index contributed by atoms with van der Waals surface area (Å²) in [5, 5.41) is 0. The standard InChI is InChI=1S/C18H30N2O3/c1-20(15-6-4-3-5-14(15)19)17(22)13(7-16(21)23-2)11-18-8-12(9-18)10-18/h12-15H,3-11,19H2,1-2H3/t12?,13-,14-,15-,18?/m0/s1. The highest BCUT2D eigenvalue weighted by atomic mass is 16.5. The third kappa shape index (κ3) is 3.25. The van der Waals surface area contributed by atoms with Gasteiger partial charge >= 0.3 is 5.97 Å². The lowest BCUT2D eigenvalue weighted by Gasteiger charge is -2.63. The van der Waals surface area contributed by atoms with Gasteiger partial charge in [-0.2, -0.15) is 0 Å². The lowest BCUT2D eigenvalue weighted by atomic mass is 9.42. The van der Waals surface area contributed by atoms with E-state index in [4.69, 9.17) is 10.5 Å². The molecule has 0 aromatic carbocycles. The summed E-state index contributed by atoms with van der Waals surface area (Å²) in [4.78, 5) is 26.7. The number of carbonyl (C=O) groups excluding carboxylic acids is 2. The predicted octanol–water partition coefficient (Wildman–Crippen LogP) is 2.08. The maximum Gasteiger partial charge on any atom is 0.306 e. The van der Waals surface area contributed by atoms with Crippen LogP contribution in [0.1, 0.15) is 57.8 Å². The zero-order chi connectivity index (χ0) is 16.6. The van der Waals surface area contributed by atoms with Crippen LogP contribution in [-0.2, 0) is 14.3 Å². The molecule has 0 spiro atoms. The highest BCUT2D eigenvalue weighted by Gasteiger charge is 2.57. The van der Waals surface area contributed by atoms with E-state index in [1.54, 1.807) is 0 Å². The molecule has 0 radical (unpaired) electrons. The number of methoxy groups -OCH3 is 1. The van der Waals surface area contributed by atoms with Crippen LogP contribution < -0.4 is 5.73 Å². The third-order valence-electron chi connectivity index (χ3n) is 6.46. The first kappa shape index (κ1) is 16.7. The Bertz CT molecular complexity index is 462. The van der Waals surface area contributed by atoms with E-state index in [2.05, 4.69) is 0 Å². The fraction of sp³-hybridized carbons (Fsp3) is 0.889. The fourth-order valence-corrected chi connectivity index (χ4v) is 5.03. The Balaban J connectivity index is 1.66. The average Bonchev–Trinajstić information content (AvgIpc) is 2.47. The third-order valence-corrected chi connectivity index (χ3v) is 6.46. The molecule has 0 aromatic heterocycles. The average molecular weight is 322 g/mol. The molecule has 4 aliphatic rings. The van der Waals surface area contributed by atoms with E-state index in [0.717, 1.165) is 38.0 Å². The van der Waals surface area contributed by atoms with Gasteiger partial charge in [0.05, 0.1) is 13.5 Å². The monoisotopic (exact) mass is 322 g/mol. The summed E-state index contributed by atoms with van der Waals surface area (Å²) in [6.45, 7) is 0. The largest absolute Gasteiger partial charge is 0.469 e. The van der Waals surface area contributed by atoms with Gasteiger partial charge in [-0.25, -0.2) is 0 Å². The molecule has 2 N–H and O–H groups in total. The molecule has 5 heteroatoms. The maximum atomic E-state index is 13.0. The van der Waals surface area contributed by atoms with Crippen molar-refractivity contribution in [3.63, 3.8) is 0 Å². The summed E-state index contributed by atoms with van der Waals surface area (Å²) in [5.74, 6) is 0.440. The van der Waals surface area contributed by atoms with Gasteiger partial charge in [-0.1, -0.05) is 12.8 Å². The second kappa shape index (κ2) is 6.42. The molecule has 1 amide bonds. The molecule has 5 nitrogen and oxygen atoms in total. The molecule has 23 heavy (non-hydrogen) atoms. The van der Waals surface area contributed by atoms with Crippen LogP contribution in [0.2, 0.25) is 0 Å². The van der Waals surface area contributed by atoms with Gasteiger partial charge in [0.1, 0.15) is 0 Å².